The molecule has 4 rings (SSSR count). The molecule has 0 amide bonds. The van der Waals surface area contributed by atoms with Crippen molar-refractivity contribution in [2.75, 3.05) is 30.9 Å². The van der Waals surface area contributed by atoms with Crippen molar-refractivity contribution in [1.82, 2.24) is 4.98 Å². The molecule has 0 bridgehead atoms. The number of ether oxygens (including phenoxy) is 1. The van der Waals surface area contributed by atoms with Gasteiger partial charge in [0.25, 0.3) is 0 Å². The largest absolute Gasteiger partial charge is 0.490 e. The molecule has 2 heterocycles. The molecule has 1 aliphatic heterocycles. The predicted molar refractivity (Wildman–Crippen MR) is 115 cm³/mol. The summed E-state index contributed by atoms with van der Waals surface area (Å²) < 4.78 is 81.1. The lowest BCUT2D eigenvalue weighted by atomic mass is 10.0. The van der Waals surface area contributed by atoms with Gasteiger partial charge in [0.2, 0.25) is 0 Å². The summed E-state index contributed by atoms with van der Waals surface area (Å²) in [6.07, 6.45) is -2.49. The van der Waals surface area contributed by atoms with Gasteiger partial charge >= 0.3 is 6.18 Å². The van der Waals surface area contributed by atoms with E-state index in [0.29, 0.717) is 30.0 Å². The maximum absolute atomic E-state index is 14.5. The van der Waals surface area contributed by atoms with E-state index in [0.717, 1.165) is 18.5 Å². The third kappa shape index (κ3) is 5.27. The first-order chi connectivity index (χ1) is 15.5. The van der Waals surface area contributed by atoms with Crippen molar-refractivity contribution < 1.29 is 30.7 Å². The van der Waals surface area contributed by atoms with Crippen molar-refractivity contribution in [3.05, 3.63) is 72.2 Å². The van der Waals surface area contributed by atoms with Crippen LogP contribution < -0.4 is 9.64 Å². The molecule has 10 heteroatoms. The van der Waals surface area contributed by atoms with Crippen molar-refractivity contribution >= 4 is 15.7 Å². The van der Waals surface area contributed by atoms with Crippen LogP contribution in [0.5, 0.6) is 5.75 Å². The lowest BCUT2D eigenvalue weighted by Crippen LogP contribution is -2.49. The van der Waals surface area contributed by atoms with Gasteiger partial charge in [-0.1, -0.05) is 18.2 Å². The van der Waals surface area contributed by atoms with Gasteiger partial charge in [-0.2, -0.15) is 13.2 Å². The molecule has 0 aliphatic carbocycles. The first-order valence-electron chi connectivity index (χ1n) is 10.0. The van der Waals surface area contributed by atoms with Crippen molar-refractivity contribution in [3.8, 4) is 16.9 Å². The molecule has 0 N–H and O–H groups in total. The molecular formula is C23H20F4N2O3S. The van der Waals surface area contributed by atoms with Gasteiger partial charge in [0.05, 0.1) is 17.1 Å². The third-order valence-corrected chi connectivity index (χ3v) is 6.51. The Morgan fingerprint density at radius 3 is 2.24 bits per heavy atom. The maximum atomic E-state index is 14.5. The number of pyridine rings is 1. The number of rotatable bonds is 6. The Labute approximate surface area is 188 Å². The average Bonchev–Trinajstić information content (AvgIpc) is 2.73. The van der Waals surface area contributed by atoms with Crippen LogP contribution in [0.2, 0.25) is 0 Å². The molecule has 0 unspecified atom stereocenters. The summed E-state index contributed by atoms with van der Waals surface area (Å²) in [6.45, 7) is 1.35. The summed E-state index contributed by atoms with van der Waals surface area (Å²) in [6, 6.07) is 13.0. The van der Waals surface area contributed by atoms with Crippen molar-refractivity contribution in [2.24, 2.45) is 5.92 Å². The SMILES string of the molecule is CS(=O)(=O)c1ccc(-c2ccc(OCC3CN(c4ccc(C(F)(F)F)cn4)C3)c(F)c2)cc1. The highest BCUT2D eigenvalue weighted by Gasteiger charge is 2.32. The summed E-state index contributed by atoms with van der Waals surface area (Å²) in [4.78, 5) is 5.88. The lowest BCUT2D eigenvalue weighted by Gasteiger charge is -2.40. The van der Waals surface area contributed by atoms with Crippen LogP contribution in [0.4, 0.5) is 23.4 Å². The smallest absolute Gasteiger partial charge is 0.417 e. The minimum absolute atomic E-state index is 0.0942. The topological polar surface area (TPSA) is 59.5 Å². The summed E-state index contributed by atoms with van der Waals surface area (Å²) in [5, 5.41) is 0. The Kier molecular flexibility index (Phi) is 6.04. The van der Waals surface area contributed by atoms with Crippen LogP contribution in [0.15, 0.2) is 65.7 Å². The number of halogens is 4. The van der Waals surface area contributed by atoms with E-state index in [1.54, 1.807) is 18.2 Å². The number of alkyl halides is 3. The number of hydrogen-bond acceptors (Lipinski definition) is 5. The number of nitrogens with zero attached hydrogens (tertiary/aromatic N) is 2. The van der Waals surface area contributed by atoms with E-state index < -0.39 is 27.4 Å². The molecule has 174 valence electrons. The van der Waals surface area contributed by atoms with Crippen LogP contribution in [-0.2, 0) is 16.0 Å². The quantitative estimate of drug-likeness (QED) is 0.474. The van der Waals surface area contributed by atoms with Crippen molar-refractivity contribution in [2.45, 2.75) is 11.1 Å². The second kappa shape index (κ2) is 8.66. The van der Waals surface area contributed by atoms with Crippen LogP contribution >= 0.6 is 0 Å². The van der Waals surface area contributed by atoms with Gasteiger partial charge in [0.15, 0.2) is 21.4 Å². The molecule has 2 aromatic carbocycles. The molecule has 0 spiro atoms. The molecule has 33 heavy (non-hydrogen) atoms. The zero-order valence-electron chi connectivity index (χ0n) is 17.5. The van der Waals surface area contributed by atoms with Crippen molar-refractivity contribution in [3.63, 3.8) is 0 Å². The van der Waals surface area contributed by atoms with Crippen molar-refractivity contribution in [1.29, 1.82) is 0 Å². The highest BCUT2D eigenvalue weighted by Crippen LogP contribution is 2.31. The van der Waals surface area contributed by atoms with E-state index in [-0.39, 0.29) is 23.2 Å². The first kappa shape index (κ1) is 23.0. The third-order valence-electron chi connectivity index (χ3n) is 5.38. The lowest BCUT2D eigenvalue weighted by molar-refractivity contribution is -0.137. The molecule has 0 radical (unpaired) electrons. The number of sulfone groups is 1. The minimum atomic E-state index is -4.42. The van der Waals surface area contributed by atoms with E-state index in [1.165, 1.54) is 30.3 Å². The van der Waals surface area contributed by atoms with Gasteiger partial charge in [-0.3, -0.25) is 0 Å². The predicted octanol–water partition coefficient (Wildman–Crippen LogP) is 4.83. The summed E-state index contributed by atoms with van der Waals surface area (Å²) in [5.74, 6) is 0.103. The number of aromatic nitrogens is 1. The van der Waals surface area contributed by atoms with Gasteiger partial charge in [-0.15, -0.1) is 0 Å². The number of hydrogen-bond donors (Lipinski definition) is 0. The Balaban J connectivity index is 1.32. The summed E-state index contributed by atoms with van der Waals surface area (Å²) >= 11 is 0. The molecule has 1 fully saturated rings. The van der Waals surface area contributed by atoms with Gasteiger partial charge in [-0.05, 0) is 47.5 Å². The Morgan fingerprint density at radius 2 is 1.70 bits per heavy atom. The molecule has 0 atom stereocenters. The first-order valence-corrected chi connectivity index (χ1v) is 11.9. The van der Waals surface area contributed by atoms with E-state index in [1.807, 2.05) is 4.90 Å². The zero-order valence-corrected chi connectivity index (χ0v) is 18.3. The van der Waals surface area contributed by atoms with Crippen LogP contribution in [0.1, 0.15) is 5.56 Å². The molecule has 1 aliphatic rings. The fraction of sp³-hybridized carbons (Fsp3) is 0.261. The average molecular weight is 480 g/mol. The van der Waals surface area contributed by atoms with Crippen LogP contribution in [0.25, 0.3) is 11.1 Å². The Morgan fingerprint density at radius 1 is 1.03 bits per heavy atom. The molecule has 0 saturated carbocycles. The van der Waals surface area contributed by atoms with Gasteiger partial charge in [0.1, 0.15) is 5.82 Å². The van der Waals surface area contributed by atoms with Gasteiger partial charge in [0, 0.05) is 31.5 Å². The molecule has 1 aromatic heterocycles. The normalized spacial score (nSPS) is 14.8. The summed E-state index contributed by atoms with van der Waals surface area (Å²) in [5.41, 5.74) is 0.464. The second-order valence-corrected chi connectivity index (χ2v) is 9.94. The van der Waals surface area contributed by atoms with Crippen LogP contribution in [0.3, 0.4) is 0 Å². The second-order valence-electron chi connectivity index (χ2n) is 7.93. The molecule has 1 saturated heterocycles. The highest BCUT2D eigenvalue weighted by atomic mass is 32.2. The van der Waals surface area contributed by atoms with E-state index in [4.69, 9.17) is 4.74 Å². The van der Waals surface area contributed by atoms with E-state index in [2.05, 4.69) is 4.98 Å². The summed E-state index contributed by atoms with van der Waals surface area (Å²) in [7, 11) is -3.31. The van der Waals surface area contributed by atoms with Gasteiger partial charge in [-0.25, -0.2) is 17.8 Å². The van der Waals surface area contributed by atoms with Crippen LogP contribution in [-0.4, -0.2) is 39.4 Å². The monoisotopic (exact) mass is 480 g/mol. The maximum Gasteiger partial charge on any atom is 0.417 e. The molecule has 5 nitrogen and oxygen atoms in total. The minimum Gasteiger partial charge on any atom is -0.490 e. The van der Waals surface area contributed by atoms with E-state index in [9.17, 15) is 26.0 Å². The number of anilines is 1. The van der Waals surface area contributed by atoms with Crippen LogP contribution in [0, 0.1) is 11.7 Å². The Bertz CT molecular complexity index is 1240. The molecular weight excluding hydrogens is 460 g/mol. The fourth-order valence-electron chi connectivity index (χ4n) is 3.50. The molecule has 3 aromatic rings. The number of benzene rings is 2. The van der Waals surface area contributed by atoms with Gasteiger partial charge < -0.3 is 9.64 Å². The fourth-order valence-corrected chi connectivity index (χ4v) is 4.13. The highest BCUT2D eigenvalue weighted by molar-refractivity contribution is 7.90. The zero-order chi connectivity index (χ0) is 23.8. The van der Waals surface area contributed by atoms with E-state index >= 15 is 0 Å². The Hall–Kier alpha value is -3.14. The standard InChI is InChI=1S/C23H20F4N2O3S/c1-33(30,31)19-6-2-16(3-7-19)17-4-8-21(20(24)10-17)32-14-15-12-29(13-15)22-9-5-18(11-28-22)23(25,26)27/h2-11,15H,12-14H2,1H3.